The summed E-state index contributed by atoms with van der Waals surface area (Å²) < 4.78 is 0. The fourth-order valence-electron chi connectivity index (χ4n) is 3.45. The van der Waals surface area contributed by atoms with Crippen molar-refractivity contribution in [3.8, 4) is 0 Å². The largest absolute Gasteiger partial charge is 0.389 e. The maximum Gasteiger partial charge on any atom is 0.137 e. The molecule has 17 heavy (non-hydrogen) atoms. The van der Waals surface area contributed by atoms with Crippen LogP contribution in [0.15, 0.2) is 0 Å². The van der Waals surface area contributed by atoms with Gasteiger partial charge in [0.25, 0.3) is 0 Å². The number of carbonyl (C=O) groups excluding carboxylic acids is 1. The van der Waals surface area contributed by atoms with Gasteiger partial charge in [0.2, 0.25) is 0 Å². The molecule has 0 spiro atoms. The number of nitrogens with zero attached hydrogens (tertiary/aromatic N) is 1. The second-order valence-corrected chi connectivity index (χ2v) is 6.58. The number of rotatable bonds is 2. The number of Topliss-reactive ketones (excluding diaryl/α,β-unsaturated/α-hetero) is 1. The van der Waals surface area contributed by atoms with Crippen LogP contribution in [-0.4, -0.2) is 41.0 Å². The van der Waals surface area contributed by atoms with Gasteiger partial charge < -0.3 is 5.11 Å². The van der Waals surface area contributed by atoms with Crippen molar-refractivity contribution in [2.45, 2.75) is 45.6 Å². The molecule has 1 saturated carbocycles. The Labute approximate surface area is 104 Å². The fourth-order valence-corrected chi connectivity index (χ4v) is 3.45. The van der Waals surface area contributed by atoms with Crippen molar-refractivity contribution in [2.75, 3.05) is 19.6 Å². The highest BCUT2D eigenvalue weighted by Gasteiger charge is 2.37. The fraction of sp³-hybridized carbons (Fsp3) is 0.929. The van der Waals surface area contributed by atoms with Crippen LogP contribution < -0.4 is 0 Å². The highest BCUT2D eigenvalue weighted by atomic mass is 16.3. The molecule has 3 nitrogen and oxygen atoms in total. The van der Waals surface area contributed by atoms with Crippen LogP contribution in [-0.2, 0) is 4.79 Å². The lowest BCUT2D eigenvalue weighted by Crippen LogP contribution is -2.40. The number of β-amino-alcohol motifs (C(OH)–C–C–N with tert-alkyl or cyclic N) is 1. The molecule has 4 unspecified atom stereocenters. The molecule has 98 valence electrons. The Morgan fingerprint density at radius 1 is 1.47 bits per heavy atom. The van der Waals surface area contributed by atoms with Gasteiger partial charge in [0, 0.05) is 32.0 Å². The Kier molecular flexibility index (Phi) is 3.60. The molecule has 0 aromatic heterocycles. The summed E-state index contributed by atoms with van der Waals surface area (Å²) in [6.45, 7) is 8.76. The molecule has 4 atom stereocenters. The minimum atomic E-state index is -0.547. The number of likely N-dealkylation sites (tertiary alicyclic amines) is 1. The molecule has 1 aliphatic heterocycles. The summed E-state index contributed by atoms with van der Waals surface area (Å²) >= 11 is 0. The summed E-state index contributed by atoms with van der Waals surface area (Å²) in [4.78, 5) is 14.3. The van der Waals surface area contributed by atoms with Crippen molar-refractivity contribution in [2.24, 2.45) is 17.8 Å². The summed E-state index contributed by atoms with van der Waals surface area (Å²) in [7, 11) is 0. The molecule has 1 N–H and O–H groups in total. The minimum Gasteiger partial charge on any atom is -0.389 e. The number of ketones is 1. The Hall–Kier alpha value is -0.410. The average molecular weight is 239 g/mol. The summed E-state index contributed by atoms with van der Waals surface area (Å²) in [5, 5.41) is 9.94. The summed E-state index contributed by atoms with van der Waals surface area (Å²) in [5.74, 6) is 1.68. The molecule has 0 amide bonds. The van der Waals surface area contributed by atoms with E-state index in [1.807, 2.05) is 6.92 Å². The number of hydrogen-bond donors (Lipinski definition) is 1. The van der Waals surface area contributed by atoms with E-state index in [1.165, 1.54) is 6.42 Å². The van der Waals surface area contributed by atoms with Crippen molar-refractivity contribution in [3.63, 3.8) is 0 Å². The second-order valence-electron chi connectivity index (χ2n) is 6.58. The highest BCUT2D eigenvalue weighted by Crippen LogP contribution is 2.32. The van der Waals surface area contributed by atoms with Crippen LogP contribution >= 0.6 is 0 Å². The quantitative estimate of drug-likeness (QED) is 0.797. The van der Waals surface area contributed by atoms with Gasteiger partial charge in [-0.05, 0) is 31.6 Å². The summed E-state index contributed by atoms with van der Waals surface area (Å²) in [6.07, 6.45) is 2.75. The molecular formula is C14H25NO2. The summed E-state index contributed by atoms with van der Waals surface area (Å²) in [5.41, 5.74) is -0.547. The highest BCUT2D eigenvalue weighted by molar-refractivity contribution is 5.82. The average Bonchev–Trinajstić information content (AvgIpc) is 2.52. The van der Waals surface area contributed by atoms with Crippen molar-refractivity contribution in [3.05, 3.63) is 0 Å². The van der Waals surface area contributed by atoms with Crippen LogP contribution in [0.25, 0.3) is 0 Å². The zero-order valence-electron chi connectivity index (χ0n) is 11.3. The standard InChI is InChI=1S/C14H25NO2/c1-10-6-11(2)12(13(16)7-10)8-15-5-4-14(3,17)9-15/h10-12,17H,4-9H2,1-3H3. The molecule has 3 heteroatoms. The maximum atomic E-state index is 12.1. The maximum absolute atomic E-state index is 12.1. The van der Waals surface area contributed by atoms with Gasteiger partial charge in [-0.15, -0.1) is 0 Å². The molecular weight excluding hydrogens is 214 g/mol. The number of aliphatic hydroxyl groups is 1. The lowest BCUT2D eigenvalue weighted by atomic mass is 9.74. The molecule has 1 heterocycles. The van der Waals surface area contributed by atoms with Crippen LogP contribution in [0.1, 0.15) is 40.0 Å². The van der Waals surface area contributed by atoms with E-state index in [1.54, 1.807) is 0 Å². The van der Waals surface area contributed by atoms with Crippen molar-refractivity contribution in [1.29, 1.82) is 0 Å². The smallest absolute Gasteiger partial charge is 0.137 e. The predicted molar refractivity (Wildman–Crippen MR) is 67.7 cm³/mol. The third kappa shape index (κ3) is 3.08. The topological polar surface area (TPSA) is 40.5 Å². The third-order valence-electron chi connectivity index (χ3n) is 4.41. The first-order chi connectivity index (χ1) is 7.87. The second kappa shape index (κ2) is 4.69. The van der Waals surface area contributed by atoms with Crippen LogP contribution in [0.5, 0.6) is 0 Å². The molecule has 0 radical (unpaired) electrons. The van der Waals surface area contributed by atoms with Gasteiger partial charge in [0.15, 0.2) is 0 Å². The van der Waals surface area contributed by atoms with E-state index >= 15 is 0 Å². The number of hydrogen-bond acceptors (Lipinski definition) is 3. The first kappa shape index (κ1) is 13.0. The Balaban J connectivity index is 1.92. The predicted octanol–water partition coefficient (Wildman–Crippen LogP) is 1.69. The van der Waals surface area contributed by atoms with E-state index in [-0.39, 0.29) is 5.92 Å². The van der Waals surface area contributed by atoms with Crippen LogP contribution in [0, 0.1) is 17.8 Å². The van der Waals surface area contributed by atoms with Gasteiger partial charge >= 0.3 is 0 Å². The molecule has 1 aliphatic carbocycles. The molecule has 2 aliphatic rings. The van der Waals surface area contributed by atoms with Crippen LogP contribution in [0.3, 0.4) is 0 Å². The summed E-state index contributed by atoms with van der Waals surface area (Å²) in [6, 6.07) is 0. The zero-order chi connectivity index (χ0) is 12.6. The van der Waals surface area contributed by atoms with Crippen molar-refractivity contribution in [1.82, 2.24) is 4.90 Å². The first-order valence-electron chi connectivity index (χ1n) is 6.85. The Morgan fingerprint density at radius 3 is 2.71 bits per heavy atom. The molecule has 2 fully saturated rings. The van der Waals surface area contributed by atoms with Gasteiger partial charge in [0.1, 0.15) is 5.78 Å². The number of carbonyl (C=O) groups is 1. The Bertz CT molecular complexity index is 301. The van der Waals surface area contributed by atoms with Crippen LogP contribution in [0.4, 0.5) is 0 Å². The zero-order valence-corrected chi connectivity index (χ0v) is 11.3. The Morgan fingerprint density at radius 2 is 2.18 bits per heavy atom. The van der Waals surface area contributed by atoms with Gasteiger partial charge in [0.05, 0.1) is 5.60 Å². The first-order valence-corrected chi connectivity index (χ1v) is 6.85. The van der Waals surface area contributed by atoms with Gasteiger partial charge in [-0.2, -0.15) is 0 Å². The van der Waals surface area contributed by atoms with Gasteiger partial charge in [-0.1, -0.05) is 13.8 Å². The van der Waals surface area contributed by atoms with E-state index in [9.17, 15) is 9.90 Å². The van der Waals surface area contributed by atoms with Gasteiger partial charge in [-0.25, -0.2) is 0 Å². The minimum absolute atomic E-state index is 0.195. The van der Waals surface area contributed by atoms with E-state index in [0.29, 0.717) is 17.6 Å². The van der Waals surface area contributed by atoms with Crippen molar-refractivity contribution >= 4 is 5.78 Å². The third-order valence-corrected chi connectivity index (χ3v) is 4.41. The van der Waals surface area contributed by atoms with E-state index < -0.39 is 5.60 Å². The van der Waals surface area contributed by atoms with E-state index in [4.69, 9.17) is 0 Å². The van der Waals surface area contributed by atoms with Crippen LogP contribution in [0.2, 0.25) is 0 Å². The van der Waals surface area contributed by atoms with Crippen molar-refractivity contribution < 1.29 is 9.90 Å². The molecule has 2 rings (SSSR count). The van der Waals surface area contributed by atoms with E-state index in [2.05, 4.69) is 18.7 Å². The lowest BCUT2D eigenvalue weighted by molar-refractivity contribution is -0.128. The lowest BCUT2D eigenvalue weighted by Gasteiger charge is -2.34. The monoisotopic (exact) mass is 239 g/mol. The van der Waals surface area contributed by atoms with E-state index in [0.717, 1.165) is 32.5 Å². The van der Waals surface area contributed by atoms with Gasteiger partial charge in [-0.3, -0.25) is 9.69 Å². The SMILES string of the molecule is CC1CC(=O)C(CN2CCC(C)(O)C2)C(C)C1. The molecule has 0 aromatic rings. The normalized spacial score (nSPS) is 44.2. The molecule has 0 bridgehead atoms. The molecule has 1 saturated heterocycles. The molecule has 0 aromatic carbocycles.